The van der Waals surface area contributed by atoms with Gasteiger partial charge in [-0.25, -0.2) is 18.4 Å². The van der Waals surface area contributed by atoms with Crippen LogP contribution in [0.4, 0.5) is 11.5 Å². The van der Waals surface area contributed by atoms with Crippen LogP contribution in [0.1, 0.15) is 10.4 Å². The monoisotopic (exact) mass is 418 g/mol. The molecular weight excluding hydrogens is 404 g/mol. The Morgan fingerprint density at radius 3 is 2.46 bits per heavy atom. The van der Waals surface area contributed by atoms with Gasteiger partial charge in [-0.05, 0) is 42.5 Å². The second-order valence-electron chi connectivity index (χ2n) is 5.51. The van der Waals surface area contributed by atoms with Crippen LogP contribution >= 0.6 is 11.6 Å². The molecule has 1 amide bonds. The fourth-order valence-electron chi connectivity index (χ4n) is 2.28. The fraction of sp³-hybridized carbons (Fsp3) is 0.0556. The lowest BCUT2D eigenvalue weighted by atomic mass is 10.2. The van der Waals surface area contributed by atoms with Crippen molar-refractivity contribution in [3.63, 3.8) is 0 Å². The third kappa shape index (κ3) is 4.56. The van der Waals surface area contributed by atoms with E-state index in [4.69, 9.17) is 16.3 Å². The summed E-state index contributed by atoms with van der Waals surface area (Å²) in [6.07, 6.45) is 2.73. The smallest absolute Gasteiger partial charge is 0.263 e. The summed E-state index contributed by atoms with van der Waals surface area (Å²) in [5, 5.41) is 3.12. The van der Waals surface area contributed by atoms with Gasteiger partial charge in [-0.3, -0.25) is 9.52 Å². The number of aromatic nitrogens is 2. The molecular formula is C18H15ClN4O4S. The number of carbonyl (C=O) groups excluding carboxylic acids is 1. The molecule has 0 unspecified atom stereocenters. The maximum Gasteiger partial charge on any atom is 0.263 e. The zero-order chi connectivity index (χ0) is 20.1. The average Bonchev–Trinajstić information content (AvgIpc) is 2.68. The minimum Gasteiger partial charge on any atom is -0.478 e. The van der Waals surface area contributed by atoms with Crippen molar-refractivity contribution >= 4 is 39.0 Å². The summed E-state index contributed by atoms with van der Waals surface area (Å²) in [5.41, 5.74) is 0.821. The number of carbonyl (C=O) groups is 1. The number of amides is 1. The lowest BCUT2D eigenvalue weighted by Gasteiger charge is -2.10. The van der Waals surface area contributed by atoms with E-state index < -0.39 is 10.0 Å². The summed E-state index contributed by atoms with van der Waals surface area (Å²) in [5.74, 6) is -0.333. The molecule has 0 spiro atoms. The maximum absolute atomic E-state index is 12.5. The van der Waals surface area contributed by atoms with Gasteiger partial charge in [0.25, 0.3) is 21.8 Å². The number of ether oxygens (including phenoxy) is 1. The Kier molecular flexibility index (Phi) is 5.76. The lowest BCUT2D eigenvalue weighted by molar-refractivity contribution is 0.102. The van der Waals surface area contributed by atoms with Crippen LogP contribution in [0.15, 0.2) is 65.8 Å². The van der Waals surface area contributed by atoms with E-state index in [9.17, 15) is 13.2 Å². The molecule has 3 aromatic rings. The number of nitrogens with zero attached hydrogens (tertiary/aromatic N) is 2. The Hall–Kier alpha value is -3.17. The van der Waals surface area contributed by atoms with Crippen molar-refractivity contribution in [3.8, 4) is 5.88 Å². The molecule has 1 heterocycles. The van der Waals surface area contributed by atoms with Crippen LogP contribution in [-0.2, 0) is 10.0 Å². The molecule has 2 N–H and O–H groups in total. The van der Waals surface area contributed by atoms with Crippen molar-refractivity contribution < 1.29 is 17.9 Å². The van der Waals surface area contributed by atoms with E-state index in [1.807, 2.05) is 0 Å². The predicted octanol–water partition coefficient (Wildman–Crippen LogP) is 3.19. The minimum atomic E-state index is -3.91. The predicted molar refractivity (Wildman–Crippen MR) is 105 cm³/mol. The summed E-state index contributed by atoms with van der Waals surface area (Å²) < 4.78 is 32.4. The van der Waals surface area contributed by atoms with Gasteiger partial charge in [-0.2, -0.15) is 0 Å². The Balaban J connectivity index is 1.75. The number of halogens is 1. The van der Waals surface area contributed by atoms with Crippen LogP contribution in [0, 0.1) is 0 Å². The van der Waals surface area contributed by atoms with E-state index in [1.54, 1.807) is 18.2 Å². The molecule has 0 bridgehead atoms. The van der Waals surface area contributed by atoms with Crippen molar-refractivity contribution in [2.45, 2.75) is 4.90 Å². The largest absolute Gasteiger partial charge is 0.478 e. The molecule has 0 saturated heterocycles. The van der Waals surface area contributed by atoms with Gasteiger partial charge in [0.05, 0.1) is 12.0 Å². The van der Waals surface area contributed by atoms with E-state index in [2.05, 4.69) is 20.0 Å². The molecule has 144 valence electrons. The Labute approximate surface area is 166 Å². The van der Waals surface area contributed by atoms with Crippen molar-refractivity contribution in [1.82, 2.24) is 9.97 Å². The molecule has 0 aliphatic heterocycles. The van der Waals surface area contributed by atoms with E-state index in [0.29, 0.717) is 16.3 Å². The molecule has 0 radical (unpaired) electrons. The van der Waals surface area contributed by atoms with Gasteiger partial charge in [0.1, 0.15) is 0 Å². The van der Waals surface area contributed by atoms with Crippen LogP contribution in [0.25, 0.3) is 0 Å². The first-order chi connectivity index (χ1) is 13.4. The molecule has 2 aromatic carbocycles. The quantitative estimate of drug-likeness (QED) is 0.636. The molecule has 10 heteroatoms. The Bertz CT molecular complexity index is 1100. The van der Waals surface area contributed by atoms with Crippen molar-refractivity contribution in [2.24, 2.45) is 0 Å². The molecule has 0 saturated carbocycles. The molecule has 0 atom stereocenters. The number of nitrogens with one attached hydrogen (secondary N) is 2. The van der Waals surface area contributed by atoms with E-state index >= 15 is 0 Å². The minimum absolute atomic E-state index is 0.0130. The van der Waals surface area contributed by atoms with Crippen molar-refractivity contribution in [1.29, 1.82) is 0 Å². The standard InChI is InChI=1S/C18H15ClN4O4S/c1-27-18-16(20-9-10-21-18)23-28(25,26)15-7-5-14(6-8-15)22-17(24)12-3-2-4-13(19)11-12/h2-11H,1H3,(H,20,23)(H,22,24). The first-order valence-corrected chi connectivity index (χ1v) is 9.80. The van der Waals surface area contributed by atoms with Crippen LogP contribution < -0.4 is 14.8 Å². The topological polar surface area (TPSA) is 110 Å². The normalized spacial score (nSPS) is 10.9. The van der Waals surface area contributed by atoms with Gasteiger partial charge in [-0.1, -0.05) is 17.7 Å². The summed E-state index contributed by atoms with van der Waals surface area (Å²) in [7, 11) is -2.55. The highest BCUT2D eigenvalue weighted by atomic mass is 35.5. The van der Waals surface area contributed by atoms with Gasteiger partial charge in [0.15, 0.2) is 0 Å². The highest BCUT2D eigenvalue weighted by Gasteiger charge is 2.18. The first-order valence-electron chi connectivity index (χ1n) is 7.94. The molecule has 0 aliphatic rings. The van der Waals surface area contributed by atoms with Crippen LogP contribution in [-0.4, -0.2) is 31.4 Å². The van der Waals surface area contributed by atoms with Crippen LogP contribution in [0.5, 0.6) is 5.88 Å². The summed E-state index contributed by atoms with van der Waals surface area (Å²) in [4.78, 5) is 20.0. The fourth-order valence-corrected chi connectivity index (χ4v) is 3.48. The summed E-state index contributed by atoms with van der Waals surface area (Å²) in [6, 6.07) is 12.2. The van der Waals surface area contributed by atoms with Crippen LogP contribution in [0.3, 0.4) is 0 Å². The molecule has 0 fully saturated rings. The van der Waals surface area contributed by atoms with Gasteiger partial charge in [0.2, 0.25) is 5.82 Å². The van der Waals surface area contributed by atoms with Crippen molar-refractivity contribution in [3.05, 3.63) is 71.5 Å². The molecule has 1 aromatic heterocycles. The number of benzene rings is 2. The third-order valence-electron chi connectivity index (χ3n) is 3.60. The number of rotatable bonds is 6. The van der Waals surface area contributed by atoms with Gasteiger partial charge < -0.3 is 10.1 Å². The van der Waals surface area contributed by atoms with E-state index in [1.165, 1.54) is 49.8 Å². The molecule has 8 nitrogen and oxygen atoms in total. The molecule has 3 rings (SSSR count). The second kappa shape index (κ2) is 8.24. The molecule has 0 aliphatic carbocycles. The zero-order valence-corrected chi connectivity index (χ0v) is 16.2. The van der Waals surface area contributed by atoms with Crippen molar-refractivity contribution in [2.75, 3.05) is 17.1 Å². The number of hydrogen-bond acceptors (Lipinski definition) is 6. The Morgan fingerprint density at radius 1 is 1.07 bits per heavy atom. The lowest BCUT2D eigenvalue weighted by Crippen LogP contribution is -2.15. The summed E-state index contributed by atoms with van der Waals surface area (Å²) in [6.45, 7) is 0. The van der Waals surface area contributed by atoms with Gasteiger partial charge in [0, 0.05) is 28.7 Å². The number of hydrogen-bond donors (Lipinski definition) is 2. The van der Waals surface area contributed by atoms with Gasteiger partial charge >= 0.3 is 0 Å². The second-order valence-corrected chi connectivity index (χ2v) is 7.63. The summed E-state index contributed by atoms with van der Waals surface area (Å²) >= 11 is 5.88. The van der Waals surface area contributed by atoms with E-state index in [-0.39, 0.29) is 22.5 Å². The first kappa shape index (κ1) is 19.6. The van der Waals surface area contributed by atoms with Crippen LogP contribution in [0.2, 0.25) is 5.02 Å². The number of anilines is 2. The third-order valence-corrected chi connectivity index (χ3v) is 5.19. The highest BCUT2D eigenvalue weighted by molar-refractivity contribution is 7.92. The highest BCUT2D eigenvalue weighted by Crippen LogP contribution is 2.22. The average molecular weight is 419 g/mol. The zero-order valence-electron chi connectivity index (χ0n) is 14.6. The maximum atomic E-state index is 12.5. The number of sulfonamides is 1. The van der Waals surface area contributed by atoms with E-state index in [0.717, 1.165) is 0 Å². The van der Waals surface area contributed by atoms with Gasteiger partial charge in [-0.15, -0.1) is 0 Å². The molecule has 28 heavy (non-hydrogen) atoms. The Morgan fingerprint density at radius 2 is 1.79 bits per heavy atom. The number of methoxy groups -OCH3 is 1. The SMILES string of the molecule is COc1nccnc1NS(=O)(=O)c1ccc(NC(=O)c2cccc(Cl)c2)cc1.